The molecule has 11 heteroatoms. The molecular weight excluding hydrogens is 502 g/mol. The van der Waals surface area contributed by atoms with E-state index in [1.54, 1.807) is 51.4 Å². The summed E-state index contributed by atoms with van der Waals surface area (Å²) in [4.78, 5) is 17.4. The number of anilines is 5. The van der Waals surface area contributed by atoms with E-state index in [0.29, 0.717) is 34.2 Å². The van der Waals surface area contributed by atoms with Gasteiger partial charge in [0, 0.05) is 44.1 Å². The highest BCUT2D eigenvalue weighted by atomic mass is 32.2. The van der Waals surface area contributed by atoms with Gasteiger partial charge in [-0.2, -0.15) is 4.98 Å². The summed E-state index contributed by atoms with van der Waals surface area (Å²) >= 11 is 0. The number of likely N-dealkylation sites (N-methyl/N-ethyl adjacent to an activating group) is 1. The number of piperazine rings is 1. The predicted octanol–water partition coefficient (Wildman–Crippen LogP) is 4.39. The number of methoxy groups -OCH3 is 1. The number of para-hydroxylation sites is 1. The van der Waals surface area contributed by atoms with Gasteiger partial charge in [0.2, 0.25) is 5.95 Å². The number of nitrogens with one attached hydrogen (secondary N) is 3. The lowest BCUT2D eigenvalue weighted by molar-refractivity contribution is 0.312. The first-order valence-corrected chi connectivity index (χ1v) is 14.1. The summed E-state index contributed by atoms with van der Waals surface area (Å²) in [6.45, 7) is 7.30. The molecule has 10 nitrogen and oxygen atoms in total. The van der Waals surface area contributed by atoms with Crippen molar-refractivity contribution in [1.29, 1.82) is 0 Å². The Morgan fingerprint density at radius 1 is 0.974 bits per heavy atom. The van der Waals surface area contributed by atoms with E-state index in [2.05, 4.69) is 43.5 Å². The summed E-state index contributed by atoms with van der Waals surface area (Å²) in [5.74, 6) is 1.50. The molecule has 38 heavy (non-hydrogen) atoms. The van der Waals surface area contributed by atoms with E-state index < -0.39 is 15.1 Å². The Kier molecular flexibility index (Phi) is 7.13. The zero-order chi connectivity index (χ0) is 26.9. The Morgan fingerprint density at radius 2 is 1.74 bits per heavy atom. The van der Waals surface area contributed by atoms with E-state index in [-0.39, 0.29) is 4.90 Å². The van der Waals surface area contributed by atoms with Crippen molar-refractivity contribution in [3.63, 3.8) is 0 Å². The molecule has 0 atom stereocenters. The summed E-state index contributed by atoms with van der Waals surface area (Å²) in [6.07, 6.45) is 1.77. The van der Waals surface area contributed by atoms with Gasteiger partial charge in [-0.25, -0.2) is 13.4 Å². The van der Waals surface area contributed by atoms with Gasteiger partial charge in [0.25, 0.3) is 0 Å². The standard InChI is InChI=1S/C27H33N7O3S/c1-18(2)38(35,36)24-8-6-5-7-21(24)29-26-25-22(11-12-28-25)31-27(32-26)30-20-10-9-19(17-23(20)37-4)34-15-13-33(3)14-16-34/h5-12,17-18,28H,13-16H2,1-4H3,(H2,29,30,31,32). The summed E-state index contributed by atoms with van der Waals surface area (Å²) in [6, 6.07) is 14.8. The first-order valence-electron chi connectivity index (χ1n) is 12.6. The van der Waals surface area contributed by atoms with Gasteiger partial charge in [-0.15, -0.1) is 0 Å². The first-order chi connectivity index (χ1) is 18.3. The third-order valence-corrected chi connectivity index (χ3v) is 8.98. The summed E-state index contributed by atoms with van der Waals surface area (Å²) in [7, 11) is 0.272. The van der Waals surface area contributed by atoms with Crippen LogP contribution in [0.3, 0.4) is 0 Å². The largest absolute Gasteiger partial charge is 0.494 e. The molecule has 3 heterocycles. The zero-order valence-electron chi connectivity index (χ0n) is 22.0. The fourth-order valence-corrected chi connectivity index (χ4v) is 5.66. The average molecular weight is 536 g/mol. The zero-order valence-corrected chi connectivity index (χ0v) is 22.8. The van der Waals surface area contributed by atoms with Crippen LogP contribution in [-0.2, 0) is 9.84 Å². The van der Waals surface area contributed by atoms with Crippen molar-refractivity contribution in [2.75, 3.05) is 55.9 Å². The Balaban J connectivity index is 1.46. The highest BCUT2D eigenvalue weighted by molar-refractivity contribution is 7.92. The van der Waals surface area contributed by atoms with E-state index in [1.165, 1.54) is 0 Å². The maximum Gasteiger partial charge on any atom is 0.229 e. The number of hydrogen-bond acceptors (Lipinski definition) is 9. The van der Waals surface area contributed by atoms with Crippen molar-refractivity contribution in [3.8, 4) is 5.75 Å². The topological polar surface area (TPSA) is 115 Å². The van der Waals surface area contributed by atoms with Crippen molar-refractivity contribution in [3.05, 3.63) is 54.7 Å². The molecule has 0 aliphatic carbocycles. The predicted molar refractivity (Wildman–Crippen MR) is 152 cm³/mol. The van der Waals surface area contributed by atoms with Crippen LogP contribution in [0.15, 0.2) is 59.6 Å². The number of fused-ring (bicyclic) bond motifs is 1. The molecule has 5 rings (SSSR count). The second-order valence-electron chi connectivity index (χ2n) is 9.65. The van der Waals surface area contributed by atoms with Gasteiger partial charge in [-0.05, 0) is 51.2 Å². The van der Waals surface area contributed by atoms with Crippen molar-refractivity contribution in [2.45, 2.75) is 24.0 Å². The van der Waals surface area contributed by atoms with E-state index >= 15 is 0 Å². The van der Waals surface area contributed by atoms with Gasteiger partial charge in [0.1, 0.15) is 11.3 Å². The number of hydrogen-bond donors (Lipinski definition) is 3. The number of rotatable bonds is 8. The van der Waals surface area contributed by atoms with Gasteiger partial charge in [0.15, 0.2) is 15.7 Å². The monoisotopic (exact) mass is 535 g/mol. The van der Waals surface area contributed by atoms with Crippen LogP contribution in [0, 0.1) is 0 Å². The van der Waals surface area contributed by atoms with Gasteiger partial charge in [0.05, 0.1) is 34.1 Å². The Bertz CT molecular complexity index is 1540. The fourth-order valence-electron chi connectivity index (χ4n) is 4.46. The number of sulfone groups is 1. The van der Waals surface area contributed by atoms with E-state index in [0.717, 1.165) is 37.6 Å². The highest BCUT2D eigenvalue weighted by Crippen LogP contribution is 2.34. The van der Waals surface area contributed by atoms with E-state index in [1.807, 2.05) is 18.2 Å². The average Bonchev–Trinajstić information content (AvgIpc) is 3.39. The van der Waals surface area contributed by atoms with E-state index in [9.17, 15) is 8.42 Å². The number of ether oxygens (including phenoxy) is 1. The second kappa shape index (κ2) is 10.5. The Morgan fingerprint density at radius 3 is 2.47 bits per heavy atom. The molecule has 1 aliphatic heterocycles. The van der Waals surface area contributed by atoms with Crippen LogP contribution in [0.25, 0.3) is 11.0 Å². The minimum atomic E-state index is -3.51. The molecule has 3 N–H and O–H groups in total. The summed E-state index contributed by atoms with van der Waals surface area (Å²) < 4.78 is 31.7. The molecule has 0 bridgehead atoms. The fraction of sp³-hybridized carbons (Fsp3) is 0.333. The lowest BCUT2D eigenvalue weighted by Crippen LogP contribution is -2.44. The number of H-pyrrole nitrogens is 1. The lowest BCUT2D eigenvalue weighted by Gasteiger charge is -2.34. The summed E-state index contributed by atoms with van der Waals surface area (Å²) in [5.41, 5.74) is 3.64. The third-order valence-electron chi connectivity index (χ3n) is 6.77. The first kappa shape index (κ1) is 25.8. The summed E-state index contributed by atoms with van der Waals surface area (Å²) in [5, 5.41) is 5.96. The lowest BCUT2D eigenvalue weighted by atomic mass is 10.2. The number of aromatic nitrogens is 3. The van der Waals surface area contributed by atoms with E-state index in [4.69, 9.17) is 9.72 Å². The molecule has 4 aromatic rings. The van der Waals surface area contributed by atoms with Gasteiger partial charge in [-0.3, -0.25) is 0 Å². The minimum absolute atomic E-state index is 0.226. The smallest absolute Gasteiger partial charge is 0.229 e. The van der Waals surface area contributed by atoms with Crippen LogP contribution < -0.4 is 20.3 Å². The van der Waals surface area contributed by atoms with Gasteiger partial charge >= 0.3 is 0 Å². The molecule has 0 unspecified atom stereocenters. The van der Waals surface area contributed by atoms with Crippen LogP contribution in [0.2, 0.25) is 0 Å². The Hall–Kier alpha value is -3.83. The minimum Gasteiger partial charge on any atom is -0.494 e. The molecular formula is C27H33N7O3S. The molecule has 200 valence electrons. The SMILES string of the molecule is COc1cc(N2CCN(C)CC2)ccc1Nc1nc(Nc2ccccc2S(=O)(=O)C(C)C)c2[nH]ccc2n1. The van der Waals surface area contributed by atoms with Gasteiger partial charge in [-0.1, -0.05) is 12.1 Å². The van der Waals surface area contributed by atoms with Crippen molar-refractivity contribution < 1.29 is 13.2 Å². The van der Waals surface area contributed by atoms with Crippen molar-refractivity contribution in [2.24, 2.45) is 0 Å². The van der Waals surface area contributed by atoms with Crippen molar-refractivity contribution in [1.82, 2.24) is 19.9 Å². The third kappa shape index (κ3) is 5.11. The molecule has 1 aliphatic rings. The van der Waals surface area contributed by atoms with Crippen LogP contribution in [-0.4, -0.2) is 73.9 Å². The molecule has 0 amide bonds. The molecule has 2 aromatic heterocycles. The molecule has 1 fully saturated rings. The van der Waals surface area contributed by atoms with Crippen LogP contribution in [0.5, 0.6) is 5.75 Å². The van der Waals surface area contributed by atoms with Crippen molar-refractivity contribution >= 4 is 49.7 Å². The number of benzene rings is 2. The normalized spacial score (nSPS) is 14.7. The molecule has 0 spiro atoms. The highest BCUT2D eigenvalue weighted by Gasteiger charge is 2.23. The number of aromatic amines is 1. The van der Waals surface area contributed by atoms with Gasteiger partial charge < -0.3 is 30.2 Å². The number of nitrogens with zero attached hydrogens (tertiary/aromatic N) is 4. The molecule has 0 radical (unpaired) electrons. The van der Waals surface area contributed by atoms with Crippen LogP contribution >= 0.6 is 0 Å². The van der Waals surface area contributed by atoms with Crippen LogP contribution in [0.4, 0.5) is 28.8 Å². The maximum absolute atomic E-state index is 13.0. The molecule has 0 saturated carbocycles. The Labute approximate surface area is 223 Å². The molecule has 1 saturated heterocycles. The molecule has 2 aromatic carbocycles. The van der Waals surface area contributed by atoms with Crippen LogP contribution in [0.1, 0.15) is 13.8 Å². The maximum atomic E-state index is 13.0. The second-order valence-corrected chi connectivity index (χ2v) is 12.1. The quantitative estimate of drug-likeness (QED) is 0.302.